The lowest BCUT2D eigenvalue weighted by Crippen LogP contribution is -2.22. The predicted molar refractivity (Wildman–Crippen MR) is 88.2 cm³/mol. The molecule has 0 amide bonds. The first-order chi connectivity index (χ1) is 11.4. The van der Waals surface area contributed by atoms with Crippen molar-refractivity contribution in [2.75, 3.05) is 12.4 Å². The zero-order valence-corrected chi connectivity index (χ0v) is 13.8. The van der Waals surface area contributed by atoms with Crippen molar-refractivity contribution in [2.24, 2.45) is 5.14 Å². The summed E-state index contributed by atoms with van der Waals surface area (Å²) in [6.07, 6.45) is 4.14. The Hall–Kier alpha value is -2.45. The van der Waals surface area contributed by atoms with Gasteiger partial charge in [-0.15, -0.1) is 0 Å². The molecular weight excluding hydrogens is 330 g/mol. The molecule has 0 fully saturated rings. The van der Waals surface area contributed by atoms with Crippen molar-refractivity contribution in [1.29, 1.82) is 0 Å². The molecule has 24 heavy (non-hydrogen) atoms. The number of rotatable bonds is 4. The zero-order chi connectivity index (χ0) is 17.3. The average Bonchev–Trinajstić information content (AvgIpc) is 2.94. The van der Waals surface area contributed by atoms with E-state index in [1.54, 1.807) is 12.1 Å². The van der Waals surface area contributed by atoms with Crippen LogP contribution in [-0.2, 0) is 27.6 Å². The summed E-state index contributed by atoms with van der Waals surface area (Å²) in [5, 5.41) is 8.44. The van der Waals surface area contributed by atoms with Gasteiger partial charge in [-0.2, -0.15) is 0 Å². The summed E-state index contributed by atoms with van der Waals surface area (Å²) < 4.78 is 28.0. The van der Waals surface area contributed by atoms with Gasteiger partial charge in [0.2, 0.25) is 10.0 Å². The number of benzene rings is 1. The van der Waals surface area contributed by atoms with Crippen molar-refractivity contribution in [3.8, 4) is 0 Å². The van der Waals surface area contributed by atoms with Crippen LogP contribution in [-0.4, -0.2) is 32.5 Å². The van der Waals surface area contributed by atoms with Crippen LogP contribution >= 0.6 is 0 Å². The molecule has 1 heterocycles. The van der Waals surface area contributed by atoms with Crippen molar-refractivity contribution >= 4 is 21.7 Å². The van der Waals surface area contributed by atoms with Crippen LogP contribution in [0.1, 0.15) is 21.5 Å². The minimum atomic E-state index is -3.85. The quantitative estimate of drug-likeness (QED) is 0.801. The number of sulfonamides is 1. The molecule has 126 valence electrons. The number of nitrogens with zero attached hydrogens (tertiary/aromatic N) is 1. The van der Waals surface area contributed by atoms with Gasteiger partial charge in [-0.3, -0.25) is 4.98 Å². The third-order valence-corrected chi connectivity index (χ3v) is 4.95. The zero-order valence-electron chi connectivity index (χ0n) is 13.0. The van der Waals surface area contributed by atoms with Crippen LogP contribution in [0, 0.1) is 0 Å². The van der Waals surface area contributed by atoms with E-state index in [1.165, 1.54) is 19.5 Å². The largest absolute Gasteiger partial charge is 0.465 e. The SMILES string of the molecule is COC(=O)c1ccc2c(c1)CC(Nc1ccncc1S(N)(=O)=O)C2. The maximum Gasteiger partial charge on any atom is 0.337 e. The fraction of sp³-hybridized carbons (Fsp3) is 0.250. The molecule has 0 saturated carbocycles. The molecule has 0 radical (unpaired) electrons. The molecule has 0 bridgehead atoms. The van der Waals surface area contributed by atoms with E-state index in [1.807, 2.05) is 12.1 Å². The first-order valence-corrected chi connectivity index (χ1v) is 8.86. The second-order valence-corrected chi connectivity index (χ2v) is 7.17. The molecule has 1 aliphatic carbocycles. The van der Waals surface area contributed by atoms with Crippen LogP contribution in [0.2, 0.25) is 0 Å². The number of hydrogen-bond donors (Lipinski definition) is 2. The lowest BCUT2D eigenvalue weighted by Gasteiger charge is -2.15. The number of carbonyl (C=O) groups excluding carboxylic acids is 1. The number of fused-ring (bicyclic) bond motifs is 1. The molecule has 7 nitrogen and oxygen atoms in total. The van der Waals surface area contributed by atoms with Gasteiger partial charge < -0.3 is 10.1 Å². The number of aromatic nitrogens is 1. The molecule has 1 atom stereocenters. The van der Waals surface area contributed by atoms with Crippen molar-refractivity contribution in [3.05, 3.63) is 53.3 Å². The lowest BCUT2D eigenvalue weighted by atomic mass is 10.1. The number of anilines is 1. The van der Waals surface area contributed by atoms with E-state index >= 15 is 0 Å². The second kappa shape index (κ2) is 6.21. The van der Waals surface area contributed by atoms with Gasteiger partial charge in [-0.1, -0.05) is 6.07 Å². The van der Waals surface area contributed by atoms with E-state index in [0.29, 0.717) is 17.7 Å². The van der Waals surface area contributed by atoms with E-state index < -0.39 is 10.0 Å². The summed E-state index contributed by atoms with van der Waals surface area (Å²) in [7, 11) is -2.50. The summed E-state index contributed by atoms with van der Waals surface area (Å²) >= 11 is 0. The molecule has 1 aliphatic rings. The predicted octanol–water partition coefficient (Wildman–Crippen LogP) is 1.09. The third kappa shape index (κ3) is 3.24. The van der Waals surface area contributed by atoms with Gasteiger partial charge in [0.05, 0.1) is 18.4 Å². The van der Waals surface area contributed by atoms with Gasteiger partial charge in [-0.25, -0.2) is 18.4 Å². The Kier molecular flexibility index (Phi) is 4.25. The van der Waals surface area contributed by atoms with Crippen molar-refractivity contribution in [2.45, 2.75) is 23.8 Å². The van der Waals surface area contributed by atoms with Gasteiger partial charge in [0.15, 0.2) is 0 Å². The molecular formula is C16H17N3O4S. The molecule has 1 aromatic heterocycles. The maximum atomic E-state index is 11.6. The molecule has 3 N–H and O–H groups in total. The standard InChI is InChI=1S/C16H17N3O4S/c1-23-16(20)11-3-2-10-7-13(8-12(10)6-11)19-14-4-5-18-9-15(14)24(17,21)22/h2-6,9,13H,7-8H2,1H3,(H,18,19)(H2,17,21,22). The van der Waals surface area contributed by atoms with Gasteiger partial charge in [-0.05, 0) is 42.2 Å². The number of ether oxygens (including phenoxy) is 1. The van der Waals surface area contributed by atoms with E-state index in [9.17, 15) is 13.2 Å². The molecule has 2 aromatic rings. The Balaban J connectivity index is 1.81. The minimum Gasteiger partial charge on any atom is -0.465 e. The number of esters is 1. The number of pyridine rings is 1. The van der Waals surface area contributed by atoms with Crippen LogP contribution in [0.3, 0.4) is 0 Å². The number of nitrogens with two attached hydrogens (primary N) is 1. The van der Waals surface area contributed by atoms with E-state index in [-0.39, 0.29) is 16.9 Å². The van der Waals surface area contributed by atoms with E-state index in [0.717, 1.165) is 17.5 Å². The van der Waals surface area contributed by atoms with Crippen molar-refractivity contribution in [1.82, 2.24) is 4.98 Å². The summed E-state index contributed by atoms with van der Waals surface area (Å²) in [4.78, 5) is 15.4. The smallest absolute Gasteiger partial charge is 0.337 e. The topological polar surface area (TPSA) is 111 Å². The highest BCUT2D eigenvalue weighted by molar-refractivity contribution is 7.89. The van der Waals surface area contributed by atoms with Gasteiger partial charge in [0.25, 0.3) is 0 Å². The number of nitrogens with one attached hydrogen (secondary N) is 1. The van der Waals surface area contributed by atoms with Crippen LogP contribution in [0.4, 0.5) is 5.69 Å². The summed E-state index contributed by atoms with van der Waals surface area (Å²) in [5.74, 6) is -0.375. The van der Waals surface area contributed by atoms with Gasteiger partial charge >= 0.3 is 5.97 Å². The molecule has 0 saturated heterocycles. The molecule has 3 rings (SSSR count). The average molecular weight is 347 g/mol. The number of primary sulfonamides is 1. The molecule has 0 aliphatic heterocycles. The maximum absolute atomic E-state index is 11.6. The summed E-state index contributed by atoms with van der Waals surface area (Å²) in [6, 6.07) is 7.04. The second-order valence-electron chi connectivity index (χ2n) is 5.64. The van der Waals surface area contributed by atoms with Gasteiger partial charge in [0, 0.05) is 18.4 Å². The normalized spacial score (nSPS) is 16.5. The monoisotopic (exact) mass is 347 g/mol. The molecule has 1 unspecified atom stereocenters. The van der Waals surface area contributed by atoms with Crippen LogP contribution in [0.5, 0.6) is 0 Å². The van der Waals surface area contributed by atoms with E-state index in [2.05, 4.69) is 10.3 Å². The van der Waals surface area contributed by atoms with Crippen LogP contribution < -0.4 is 10.5 Å². The fourth-order valence-electron chi connectivity index (χ4n) is 2.91. The van der Waals surface area contributed by atoms with Gasteiger partial charge in [0.1, 0.15) is 4.90 Å². The molecule has 0 spiro atoms. The Bertz CT molecular complexity index is 896. The third-order valence-electron chi connectivity index (χ3n) is 4.01. The highest BCUT2D eigenvalue weighted by atomic mass is 32.2. The Morgan fingerprint density at radius 2 is 2.04 bits per heavy atom. The molecule has 1 aromatic carbocycles. The fourth-order valence-corrected chi connectivity index (χ4v) is 3.55. The number of methoxy groups -OCH3 is 1. The van der Waals surface area contributed by atoms with Crippen molar-refractivity contribution in [3.63, 3.8) is 0 Å². The van der Waals surface area contributed by atoms with Crippen LogP contribution in [0.15, 0.2) is 41.6 Å². The Labute approximate surface area is 139 Å². The lowest BCUT2D eigenvalue weighted by molar-refractivity contribution is 0.0600. The van der Waals surface area contributed by atoms with E-state index in [4.69, 9.17) is 9.88 Å². The summed E-state index contributed by atoms with van der Waals surface area (Å²) in [5.41, 5.74) is 3.09. The summed E-state index contributed by atoms with van der Waals surface area (Å²) in [6.45, 7) is 0. The number of carbonyl (C=O) groups is 1. The minimum absolute atomic E-state index is 0.01000. The first kappa shape index (κ1) is 16.4. The highest BCUT2D eigenvalue weighted by Crippen LogP contribution is 2.28. The Morgan fingerprint density at radius 3 is 2.75 bits per heavy atom. The Morgan fingerprint density at radius 1 is 1.29 bits per heavy atom. The molecule has 8 heteroatoms. The van der Waals surface area contributed by atoms with Crippen LogP contribution in [0.25, 0.3) is 0 Å². The number of hydrogen-bond acceptors (Lipinski definition) is 6. The first-order valence-electron chi connectivity index (χ1n) is 7.32. The van der Waals surface area contributed by atoms with Crippen molar-refractivity contribution < 1.29 is 17.9 Å². The highest BCUT2D eigenvalue weighted by Gasteiger charge is 2.24.